The minimum atomic E-state index is -1.29. The largest absolute Gasteiger partial charge is 0.350 e. The number of rotatable bonds is 5. The number of hydrogen-bond donors (Lipinski definition) is 2. The van der Waals surface area contributed by atoms with E-state index in [4.69, 9.17) is 5.26 Å². The Morgan fingerprint density at radius 1 is 1.12 bits per heavy atom. The van der Waals surface area contributed by atoms with Gasteiger partial charge in [-0.3, -0.25) is 14.6 Å². The first kappa shape index (κ1) is 17.2. The molecule has 0 radical (unpaired) electrons. The lowest BCUT2D eigenvalue weighted by atomic mass is 9.90. The summed E-state index contributed by atoms with van der Waals surface area (Å²) in [5, 5.41) is 14.4. The fraction of sp³-hybridized carbons (Fsp3) is 0.222. The smallest absolute Gasteiger partial charge is 0.239 e. The molecule has 1 aromatic heterocycles. The molecule has 2 aromatic rings. The molecule has 122 valence electrons. The molecule has 2 N–H and O–H groups in total. The van der Waals surface area contributed by atoms with Crippen LogP contribution in [0.4, 0.5) is 5.69 Å². The Labute approximate surface area is 140 Å². The third-order valence-corrected chi connectivity index (χ3v) is 3.59. The molecule has 1 heterocycles. The standard InChI is InChI=1S/C18H18N4O2/c1-18(2,16(23)21-12-14-8-5-6-10-20-14)17(24)22-15-9-4-3-7-13(15)11-19/h3-10H,12H2,1-2H3,(H,21,23)(H,22,24). The van der Waals surface area contributed by atoms with Gasteiger partial charge in [-0.1, -0.05) is 18.2 Å². The third-order valence-electron chi connectivity index (χ3n) is 3.59. The van der Waals surface area contributed by atoms with Crippen molar-refractivity contribution in [1.82, 2.24) is 10.3 Å². The van der Waals surface area contributed by atoms with E-state index in [2.05, 4.69) is 15.6 Å². The van der Waals surface area contributed by atoms with Crippen LogP contribution >= 0.6 is 0 Å². The first-order valence-corrected chi connectivity index (χ1v) is 7.44. The van der Waals surface area contributed by atoms with Crippen LogP contribution < -0.4 is 10.6 Å². The van der Waals surface area contributed by atoms with E-state index in [-0.39, 0.29) is 6.54 Å². The van der Waals surface area contributed by atoms with Crippen molar-refractivity contribution >= 4 is 17.5 Å². The molecular formula is C18H18N4O2. The van der Waals surface area contributed by atoms with Gasteiger partial charge >= 0.3 is 0 Å². The molecule has 6 nitrogen and oxygen atoms in total. The summed E-state index contributed by atoms with van der Waals surface area (Å²) in [5.74, 6) is -0.899. The third kappa shape index (κ3) is 3.96. The summed E-state index contributed by atoms with van der Waals surface area (Å²) in [7, 11) is 0. The van der Waals surface area contributed by atoms with Gasteiger partial charge < -0.3 is 10.6 Å². The number of pyridine rings is 1. The van der Waals surface area contributed by atoms with Gasteiger partial charge in [0.2, 0.25) is 11.8 Å². The van der Waals surface area contributed by atoms with Crippen molar-refractivity contribution in [3.8, 4) is 6.07 Å². The zero-order valence-corrected chi connectivity index (χ0v) is 13.5. The lowest BCUT2D eigenvalue weighted by molar-refractivity contribution is -0.138. The molecule has 0 saturated heterocycles. The molecule has 0 aliphatic heterocycles. The number of anilines is 1. The molecular weight excluding hydrogens is 304 g/mol. The van der Waals surface area contributed by atoms with Gasteiger partial charge in [0, 0.05) is 6.20 Å². The first-order chi connectivity index (χ1) is 11.4. The van der Waals surface area contributed by atoms with Gasteiger partial charge in [-0.15, -0.1) is 0 Å². The average Bonchev–Trinajstić information content (AvgIpc) is 2.60. The molecule has 0 saturated carbocycles. The molecule has 0 atom stereocenters. The van der Waals surface area contributed by atoms with Crippen LogP contribution in [0.25, 0.3) is 0 Å². The lowest BCUT2D eigenvalue weighted by Gasteiger charge is -2.23. The van der Waals surface area contributed by atoms with Crippen molar-refractivity contribution in [2.45, 2.75) is 20.4 Å². The Kier molecular flexibility index (Phi) is 5.27. The number of amides is 2. The highest BCUT2D eigenvalue weighted by atomic mass is 16.2. The van der Waals surface area contributed by atoms with Crippen LogP contribution in [-0.2, 0) is 16.1 Å². The van der Waals surface area contributed by atoms with Crippen molar-refractivity contribution in [2.75, 3.05) is 5.32 Å². The fourth-order valence-corrected chi connectivity index (χ4v) is 1.97. The molecule has 6 heteroatoms. The van der Waals surface area contributed by atoms with E-state index in [1.807, 2.05) is 12.1 Å². The summed E-state index contributed by atoms with van der Waals surface area (Å²) < 4.78 is 0. The van der Waals surface area contributed by atoms with Gasteiger partial charge in [0.05, 0.1) is 23.5 Å². The fourth-order valence-electron chi connectivity index (χ4n) is 1.97. The summed E-state index contributed by atoms with van der Waals surface area (Å²) in [5.41, 5.74) is 0.139. The number of aromatic nitrogens is 1. The van der Waals surface area contributed by atoms with E-state index in [1.54, 1.807) is 42.6 Å². The molecule has 24 heavy (non-hydrogen) atoms. The summed E-state index contributed by atoms with van der Waals surface area (Å²) in [6, 6.07) is 14.0. The van der Waals surface area contributed by atoms with Gasteiger partial charge in [0.15, 0.2) is 0 Å². The van der Waals surface area contributed by atoms with Gasteiger partial charge in [0.1, 0.15) is 11.5 Å². The number of hydrogen-bond acceptors (Lipinski definition) is 4. The van der Waals surface area contributed by atoms with Gasteiger partial charge in [-0.25, -0.2) is 0 Å². The normalized spacial score (nSPS) is 10.5. The Hall–Kier alpha value is -3.20. The van der Waals surface area contributed by atoms with E-state index < -0.39 is 17.2 Å². The minimum absolute atomic E-state index is 0.241. The van der Waals surface area contributed by atoms with Crippen LogP contribution in [0.3, 0.4) is 0 Å². The number of nitrogens with zero attached hydrogens (tertiary/aromatic N) is 2. The number of para-hydroxylation sites is 1. The Balaban J connectivity index is 2.04. The van der Waals surface area contributed by atoms with Crippen LogP contribution in [0, 0.1) is 16.7 Å². The van der Waals surface area contributed by atoms with Crippen LogP contribution in [-0.4, -0.2) is 16.8 Å². The van der Waals surface area contributed by atoms with Crippen molar-refractivity contribution in [2.24, 2.45) is 5.41 Å². The summed E-state index contributed by atoms with van der Waals surface area (Å²) in [4.78, 5) is 28.9. The van der Waals surface area contributed by atoms with Crippen molar-refractivity contribution < 1.29 is 9.59 Å². The second-order valence-electron chi connectivity index (χ2n) is 5.74. The topological polar surface area (TPSA) is 94.9 Å². The monoisotopic (exact) mass is 322 g/mol. The number of carbonyl (C=O) groups is 2. The van der Waals surface area contributed by atoms with Crippen LogP contribution in [0.5, 0.6) is 0 Å². The molecule has 0 spiro atoms. The van der Waals surface area contributed by atoms with Crippen molar-refractivity contribution in [3.63, 3.8) is 0 Å². The highest BCUT2D eigenvalue weighted by molar-refractivity contribution is 6.10. The Bertz CT molecular complexity index is 779. The molecule has 2 amide bonds. The molecule has 0 unspecified atom stereocenters. The van der Waals surface area contributed by atoms with Gasteiger partial charge in [-0.05, 0) is 38.1 Å². The predicted molar refractivity (Wildman–Crippen MR) is 89.7 cm³/mol. The van der Waals surface area contributed by atoms with Crippen LogP contribution in [0.1, 0.15) is 25.1 Å². The zero-order chi connectivity index (χ0) is 17.6. The number of benzene rings is 1. The summed E-state index contributed by atoms with van der Waals surface area (Å²) in [6.07, 6.45) is 1.64. The minimum Gasteiger partial charge on any atom is -0.350 e. The number of carbonyl (C=O) groups excluding carboxylic acids is 2. The van der Waals surface area contributed by atoms with E-state index in [0.29, 0.717) is 16.9 Å². The summed E-state index contributed by atoms with van der Waals surface area (Å²) in [6.45, 7) is 3.31. The highest BCUT2D eigenvalue weighted by Gasteiger charge is 2.36. The number of nitrogens with one attached hydrogen (secondary N) is 2. The highest BCUT2D eigenvalue weighted by Crippen LogP contribution is 2.21. The maximum Gasteiger partial charge on any atom is 0.239 e. The zero-order valence-electron chi connectivity index (χ0n) is 13.5. The van der Waals surface area contributed by atoms with Crippen LogP contribution in [0.2, 0.25) is 0 Å². The second kappa shape index (κ2) is 7.38. The predicted octanol–water partition coefficient (Wildman–Crippen LogP) is 2.23. The van der Waals surface area contributed by atoms with Crippen LogP contribution in [0.15, 0.2) is 48.7 Å². The van der Waals surface area contributed by atoms with E-state index in [0.717, 1.165) is 0 Å². The van der Waals surface area contributed by atoms with E-state index in [1.165, 1.54) is 13.8 Å². The molecule has 0 bridgehead atoms. The van der Waals surface area contributed by atoms with Crippen molar-refractivity contribution in [1.29, 1.82) is 5.26 Å². The van der Waals surface area contributed by atoms with Gasteiger partial charge in [-0.2, -0.15) is 5.26 Å². The van der Waals surface area contributed by atoms with Gasteiger partial charge in [0.25, 0.3) is 0 Å². The number of nitriles is 1. The summed E-state index contributed by atoms with van der Waals surface area (Å²) >= 11 is 0. The quantitative estimate of drug-likeness (QED) is 0.825. The Morgan fingerprint density at radius 2 is 1.83 bits per heavy atom. The SMILES string of the molecule is CC(C)(C(=O)NCc1ccccn1)C(=O)Nc1ccccc1C#N. The maximum atomic E-state index is 12.5. The molecule has 1 aromatic carbocycles. The molecule has 0 aliphatic rings. The molecule has 0 fully saturated rings. The van der Waals surface area contributed by atoms with Crippen molar-refractivity contribution in [3.05, 3.63) is 59.9 Å². The maximum absolute atomic E-state index is 12.5. The second-order valence-corrected chi connectivity index (χ2v) is 5.74. The van der Waals surface area contributed by atoms with E-state index in [9.17, 15) is 9.59 Å². The molecule has 2 rings (SSSR count). The first-order valence-electron chi connectivity index (χ1n) is 7.44. The van der Waals surface area contributed by atoms with E-state index >= 15 is 0 Å². The average molecular weight is 322 g/mol. The Morgan fingerprint density at radius 3 is 2.50 bits per heavy atom. The molecule has 0 aliphatic carbocycles. The lowest BCUT2D eigenvalue weighted by Crippen LogP contribution is -2.45.